The average molecular weight is 247 g/mol. The highest BCUT2D eigenvalue weighted by molar-refractivity contribution is 7.13. The van der Waals surface area contributed by atoms with E-state index < -0.39 is 5.97 Å². The Kier molecular flexibility index (Phi) is 3.24. The second kappa shape index (κ2) is 4.67. The maximum absolute atomic E-state index is 11.1. The molecule has 0 saturated heterocycles. The first kappa shape index (κ1) is 11.8. The molecular formula is C13H13NO2S. The number of carbonyl (C=O) groups is 1. The van der Waals surface area contributed by atoms with Crippen molar-refractivity contribution >= 4 is 17.3 Å². The number of aromatic nitrogens is 1. The standard InChI is InChI=1S/C13H13NO2S/c1-8(2)12-9(13(15)16)5-6-10(14-12)11-4-3-7-17-11/h3-8H,1-2H3,(H,15,16). The maximum atomic E-state index is 11.1. The van der Waals surface area contributed by atoms with E-state index in [0.29, 0.717) is 11.3 Å². The third-order valence-electron chi connectivity index (χ3n) is 2.48. The normalized spacial score (nSPS) is 10.8. The van der Waals surface area contributed by atoms with E-state index in [0.717, 1.165) is 10.6 Å². The van der Waals surface area contributed by atoms with Crippen LogP contribution in [-0.2, 0) is 0 Å². The van der Waals surface area contributed by atoms with E-state index in [1.54, 1.807) is 23.5 Å². The smallest absolute Gasteiger partial charge is 0.337 e. The molecule has 0 aliphatic carbocycles. The summed E-state index contributed by atoms with van der Waals surface area (Å²) in [5.74, 6) is -0.819. The number of hydrogen-bond donors (Lipinski definition) is 1. The van der Waals surface area contributed by atoms with Gasteiger partial charge in [0.2, 0.25) is 0 Å². The van der Waals surface area contributed by atoms with E-state index in [2.05, 4.69) is 4.98 Å². The molecule has 0 aromatic carbocycles. The first-order valence-electron chi connectivity index (χ1n) is 5.37. The van der Waals surface area contributed by atoms with Gasteiger partial charge in [0.15, 0.2) is 0 Å². The minimum atomic E-state index is -0.918. The summed E-state index contributed by atoms with van der Waals surface area (Å²) in [5, 5.41) is 11.1. The Morgan fingerprint density at radius 1 is 1.35 bits per heavy atom. The summed E-state index contributed by atoms with van der Waals surface area (Å²) in [5.41, 5.74) is 1.78. The van der Waals surface area contributed by atoms with Crippen LogP contribution >= 0.6 is 11.3 Å². The molecule has 0 spiro atoms. The molecule has 2 aromatic heterocycles. The van der Waals surface area contributed by atoms with Gasteiger partial charge in [0.1, 0.15) is 0 Å². The molecule has 0 bridgehead atoms. The topological polar surface area (TPSA) is 50.2 Å². The Labute approximate surface area is 104 Å². The predicted octanol–water partition coefficient (Wildman–Crippen LogP) is 3.63. The average Bonchev–Trinajstić information content (AvgIpc) is 2.81. The van der Waals surface area contributed by atoms with Crippen molar-refractivity contribution in [1.29, 1.82) is 0 Å². The minimum Gasteiger partial charge on any atom is -0.478 e. The van der Waals surface area contributed by atoms with Gasteiger partial charge in [0, 0.05) is 0 Å². The number of hydrogen-bond acceptors (Lipinski definition) is 3. The fourth-order valence-electron chi connectivity index (χ4n) is 1.66. The van der Waals surface area contributed by atoms with Gasteiger partial charge in [-0.05, 0) is 29.5 Å². The van der Waals surface area contributed by atoms with E-state index >= 15 is 0 Å². The van der Waals surface area contributed by atoms with Crippen molar-refractivity contribution in [3.8, 4) is 10.6 Å². The summed E-state index contributed by atoms with van der Waals surface area (Å²) in [7, 11) is 0. The summed E-state index contributed by atoms with van der Waals surface area (Å²) < 4.78 is 0. The zero-order valence-electron chi connectivity index (χ0n) is 9.68. The highest BCUT2D eigenvalue weighted by atomic mass is 32.1. The Morgan fingerprint density at radius 3 is 2.65 bits per heavy atom. The second-order valence-electron chi connectivity index (χ2n) is 4.07. The lowest BCUT2D eigenvalue weighted by Crippen LogP contribution is -2.06. The molecule has 0 saturated carbocycles. The molecule has 0 unspecified atom stereocenters. The lowest BCUT2D eigenvalue weighted by atomic mass is 10.0. The maximum Gasteiger partial charge on any atom is 0.337 e. The first-order chi connectivity index (χ1) is 8.09. The van der Waals surface area contributed by atoms with Gasteiger partial charge in [-0.3, -0.25) is 4.98 Å². The summed E-state index contributed by atoms with van der Waals surface area (Å²) in [4.78, 5) is 16.6. The van der Waals surface area contributed by atoms with Crippen molar-refractivity contribution < 1.29 is 9.90 Å². The van der Waals surface area contributed by atoms with Crippen molar-refractivity contribution in [2.45, 2.75) is 19.8 Å². The van der Waals surface area contributed by atoms with E-state index in [4.69, 9.17) is 5.11 Å². The summed E-state index contributed by atoms with van der Waals surface area (Å²) >= 11 is 1.60. The SMILES string of the molecule is CC(C)c1nc(-c2cccs2)ccc1C(=O)O. The van der Waals surface area contributed by atoms with Crippen LogP contribution in [0.1, 0.15) is 35.8 Å². The van der Waals surface area contributed by atoms with Crippen LogP contribution < -0.4 is 0 Å². The monoisotopic (exact) mass is 247 g/mol. The van der Waals surface area contributed by atoms with Gasteiger partial charge in [-0.25, -0.2) is 4.79 Å². The molecule has 0 atom stereocenters. The zero-order chi connectivity index (χ0) is 12.4. The van der Waals surface area contributed by atoms with Gasteiger partial charge in [0.25, 0.3) is 0 Å². The number of carboxylic acids is 1. The summed E-state index contributed by atoms with van der Waals surface area (Å²) in [6.45, 7) is 3.90. The number of rotatable bonds is 3. The van der Waals surface area contributed by atoms with E-state index in [1.807, 2.05) is 31.4 Å². The van der Waals surface area contributed by atoms with Gasteiger partial charge in [-0.15, -0.1) is 11.3 Å². The van der Waals surface area contributed by atoms with E-state index in [9.17, 15) is 4.79 Å². The Bertz CT molecular complexity index is 532. The molecule has 0 amide bonds. The van der Waals surface area contributed by atoms with Crippen LogP contribution in [0.5, 0.6) is 0 Å². The van der Waals surface area contributed by atoms with E-state index in [-0.39, 0.29) is 5.92 Å². The van der Waals surface area contributed by atoms with Crippen LogP contribution in [0.3, 0.4) is 0 Å². The van der Waals surface area contributed by atoms with Gasteiger partial charge < -0.3 is 5.11 Å². The van der Waals surface area contributed by atoms with Gasteiger partial charge in [-0.2, -0.15) is 0 Å². The molecule has 17 heavy (non-hydrogen) atoms. The van der Waals surface area contributed by atoms with Crippen molar-refractivity contribution in [2.75, 3.05) is 0 Å². The molecule has 0 aliphatic rings. The fraction of sp³-hybridized carbons (Fsp3) is 0.231. The molecule has 4 heteroatoms. The van der Waals surface area contributed by atoms with Crippen molar-refractivity contribution in [3.05, 3.63) is 40.9 Å². The Balaban J connectivity index is 2.53. The highest BCUT2D eigenvalue weighted by Gasteiger charge is 2.15. The number of carboxylic acid groups (broad SMARTS) is 1. The number of thiophene rings is 1. The molecule has 2 heterocycles. The lowest BCUT2D eigenvalue weighted by molar-refractivity contribution is 0.0694. The van der Waals surface area contributed by atoms with Gasteiger partial charge in [0.05, 0.1) is 21.8 Å². The van der Waals surface area contributed by atoms with Crippen LogP contribution in [0.15, 0.2) is 29.6 Å². The molecule has 1 N–H and O–H groups in total. The Hall–Kier alpha value is -1.68. The highest BCUT2D eigenvalue weighted by Crippen LogP contribution is 2.26. The minimum absolute atomic E-state index is 0.0982. The van der Waals surface area contributed by atoms with Crippen molar-refractivity contribution in [1.82, 2.24) is 4.98 Å². The van der Waals surface area contributed by atoms with Crippen molar-refractivity contribution in [3.63, 3.8) is 0 Å². The molecule has 88 valence electrons. The Morgan fingerprint density at radius 2 is 2.12 bits per heavy atom. The number of aromatic carboxylic acids is 1. The van der Waals surface area contributed by atoms with Gasteiger partial charge >= 0.3 is 5.97 Å². The summed E-state index contributed by atoms with van der Waals surface area (Å²) in [6, 6.07) is 7.35. The molecule has 2 rings (SSSR count). The molecule has 0 aliphatic heterocycles. The zero-order valence-corrected chi connectivity index (χ0v) is 10.5. The fourth-order valence-corrected chi connectivity index (χ4v) is 2.35. The largest absolute Gasteiger partial charge is 0.478 e. The van der Waals surface area contributed by atoms with Crippen molar-refractivity contribution in [2.24, 2.45) is 0 Å². The first-order valence-corrected chi connectivity index (χ1v) is 6.25. The predicted molar refractivity (Wildman–Crippen MR) is 68.6 cm³/mol. The molecule has 0 fully saturated rings. The molecule has 0 radical (unpaired) electrons. The van der Waals surface area contributed by atoms with Crippen LogP contribution in [0.25, 0.3) is 10.6 Å². The van der Waals surface area contributed by atoms with E-state index in [1.165, 1.54) is 0 Å². The second-order valence-corrected chi connectivity index (χ2v) is 5.01. The van der Waals surface area contributed by atoms with Crippen LogP contribution in [0.4, 0.5) is 0 Å². The van der Waals surface area contributed by atoms with Crippen LogP contribution in [0.2, 0.25) is 0 Å². The number of nitrogens with zero attached hydrogens (tertiary/aromatic N) is 1. The molecular weight excluding hydrogens is 234 g/mol. The van der Waals surface area contributed by atoms with Crippen LogP contribution in [-0.4, -0.2) is 16.1 Å². The third-order valence-corrected chi connectivity index (χ3v) is 3.37. The molecule has 3 nitrogen and oxygen atoms in total. The van der Waals surface area contributed by atoms with Crippen LogP contribution in [0, 0.1) is 0 Å². The lowest BCUT2D eigenvalue weighted by Gasteiger charge is -2.10. The molecule has 2 aromatic rings. The van der Waals surface area contributed by atoms with Gasteiger partial charge in [-0.1, -0.05) is 19.9 Å². The summed E-state index contributed by atoms with van der Waals surface area (Å²) in [6.07, 6.45) is 0. The number of pyridine rings is 1. The third kappa shape index (κ3) is 2.36. The quantitative estimate of drug-likeness (QED) is 0.901.